The Morgan fingerprint density at radius 3 is 2.52 bits per heavy atom. The zero-order chi connectivity index (χ0) is 15.2. The summed E-state index contributed by atoms with van der Waals surface area (Å²) in [5, 5.41) is 3.02. The summed E-state index contributed by atoms with van der Waals surface area (Å²) in [5.74, 6) is 0.632. The molecule has 3 heteroatoms. The van der Waals surface area contributed by atoms with Crippen LogP contribution < -0.4 is 5.32 Å². The van der Waals surface area contributed by atoms with E-state index in [-0.39, 0.29) is 11.9 Å². The summed E-state index contributed by atoms with van der Waals surface area (Å²) in [7, 11) is 0. The molecule has 1 aromatic carbocycles. The number of rotatable bonds is 5. The van der Waals surface area contributed by atoms with Gasteiger partial charge in [-0.2, -0.15) is 0 Å². The summed E-state index contributed by atoms with van der Waals surface area (Å²) >= 11 is 0. The molecule has 0 fully saturated rings. The van der Waals surface area contributed by atoms with Crippen LogP contribution in [0.15, 0.2) is 36.4 Å². The van der Waals surface area contributed by atoms with Crippen molar-refractivity contribution in [1.82, 2.24) is 10.2 Å². The topological polar surface area (TPSA) is 32.3 Å². The van der Waals surface area contributed by atoms with Crippen LogP contribution in [0.5, 0.6) is 0 Å². The van der Waals surface area contributed by atoms with E-state index < -0.39 is 0 Å². The molecule has 2 rings (SSSR count). The van der Waals surface area contributed by atoms with Crippen molar-refractivity contribution in [3.63, 3.8) is 0 Å². The maximum atomic E-state index is 12.1. The highest BCUT2D eigenvalue weighted by atomic mass is 16.2. The van der Waals surface area contributed by atoms with Crippen molar-refractivity contribution in [2.75, 3.05) is 19.6 Å². The number of carbonyl (C=O) groups is 1. The number of amides is 1. The van der Waals surface area contributed by atoms with E-state index in [1.54, 1.807) is 0 Å². The standard InChI is InChI=1S/C18H26N2O/c1-14(2)13-19-18(21)15(3)20-11-9-17(10-12-20)16-7-5-4-6-8-16/h4-9,14-15H,10-13H2,1-3H3,(H,19,21)/t15-/m0/s1. The van der Waals surface area contributed by atoms with Crippen LogP contribution in [0, 0.1) is 5.92 Å². The van der Waals surface area contributed by atoms with Crippen molar-refractivity contribution in [3.8, 4) is 0 Å². The van der Waals surface area contributed by atoms with Gasteiger partial charge in [-0.05, 0) is 30.4 Å². The minimum atomic E-state index is -0.0580. The third-order valence-electron chi connectivity index (χ3n) is 4.00. The Labute approximate surface area is 128 Å². The molecule has 1 aliphatic heterocycles. The minimum Gasteiger partial charge on any atom is -0.354 e. The zero-order valence-electron chi connectivity index (χ0n) is 13.3. The molecule has 3 nitrogen and oxygen atoms in total. The first-order valence-corrected chi connectivity index (χ1v) is 7.84. The average Bonchev–Trinajstić information content (AvgIpc) is 2.53. The number of nitrogens with zero attached hydrogens (tertiary/aromatic N) is 1. The van der Waals surface area contributed by atoms with E-state index >= 15 is 0 Å². The zero-order valence-corrected chi connectivity index (χ0v) is 13.3. The van der Waals surface area contributed by atoms with Gasteiger partial charge < -0.3 is 5.32 Å². The molecule has 0 spiro atoms. The third kappa shape index (κ3) is 4.43. The first-order chi connectivity index (χ1) is 10.1. The molecule has 0 radical (unpaired) electrons. The summed E-state index contributed by atoms with van der Waals surface area (Å²) in [6, 6.07) is 10.4. The van der Waals surface area contributed by atoms with E-state index in [1.165, 1.54) is 11.1 Å². The first kappa shape index (κ1) is 15.8. The highest BCUT2D eigenvalue weighted by Gasteiger charge is 2.23. The first-order valence-electron chi connectivity index (χ1n) is 7.84. The second kappa shape index (κ2) is 7.41. The Morgan fingerprint density at radius 2 is 1.95 bits per heavy atom. The van der Waals surface area contributed by atoms with Crippen molar-refractivity contribution >= 4 is 11.5 Å². The summed E-state index contributed by atoms with van der Waals surface area (Å²) in [6.07, 6.45) is 3.26. The molecule has 0 bridgehead atoms. The SMILES string of the molecule is CC(C)CNC(=O)[C@H](C)N1CC=C(c2ccccc2)CC1. The molecule has 0 unspecified atom stereocenters. The van der Waals surface area contributed by atoms with E-state index in [9.17, 15) is 4.79 Å². The normalized spacial score (nSPS) is 17.4. The highest BCUT2D eigenvalue weighted by Crippen LogP contribution is 2.22. The molecule has 1 N–H and O–H groups in total. The van der Waals surface area contributed by atoms with Crippen LogP contribution in [0.1, 0.15) is 32.8 Å². The molecule has 0 aromatic heterocycles. The number of nitrogens with one attached hydrogen (secondary N) is 1. The molecule has 1 aliphatic rings. The van der Waals surface area contributed by atoms with Crippen molar-refractivity contribution in [2.45, 2.75) is 33.2 Å². The van der Waals surface area contributed by atoms with Gasteiger partial charge in [-0.25, -0.2) is 0 Å². The maximum Gasteiger partial charge on any atom is 0.237 e. The quantitative estimate of drug-likeness (QED) is 0.902. The van der Waals surface area contributed by atoms with Crippen LogP contribution in [0.25, 0.3) is 5.57 Å². The van der Waals surface area contributed by atoms with Gasteiger partial charge in [0, 0.05) is 19.6 Å². The molecule has 0 saturated heterocycles. The Balaban J connectivity index is 1.90. The van der Waals surface area contributed by atoms with Gasteiger partial charge >= 0.3 is 0 Å². The summed E-state index contributed by atoms with van der Waals surface area (Å²) in [5.41, 5.74) is 2.69. The van der Waals surface area contributed by atoms with Crippen LogP contribution in [-0.2, 0) is 4.79 Å². The van der Waals surface area contributed by atoms with Crippen molar-refractivity contribution in [1.29, 1.82) is 0 Å². The molecule has 1 heterocycles. The van der Waals surface area contributed by atoms with Gasteiger partial charge in [0.1, 0.15) is 0 Å². The second-order valence-electron chi connectivity index (χ2n) is 6.16. The molecular weight excluding hydrogens is 260 g/mol. The van der Waals surface area contributed by atoms with Gasteiger partial charge in [-0.15, -0.1) is 0 Å². The van der Waals surface area contributed by atoms with Gasteiger partial charge in [0.25, 0.3) is 0 Å². The third-order valence-corrected chi connectivity index (χ3v) is 4.00. The molecule has 1 atom stereocenters. The predicted molar refractivity (Wildman–Crippen MR) is 87.9 cm³/mol. The summed E-state index contributed by atoms with van der Waals surface area (Å²) in [4.78, 5) is 14.4. The van der Waals surface area contributed by atoms with Gasteiger partial charge in [-0.1, -0.05) is 50.3 Å². The number of benzene rings is 1. The summed E-state index contributed by atoms with van der Waals surface area (Å²) < 4.78 is 0. The lowest BCUT2D eigenvalue weighted by Crippen LogP contribution is -2.47. The smallest absolute Gasteiger partial charge is 0.237 e. The van der Waals surface area contributed by atoms with E-state index in [0.717, 1.165) is 26.1 Å². The van der Waals surface area contributed by atoms with Gasteiger partial charge in [0.15, 0.2) is 0 Å². The lowest BCUT2D eigenvalue weighted by molar-refractivity contribution is -0.125. The fourth-order valence-electron chi connectivity index (χ4n) is 2.57. The summed E-state index contributed by atoms with van der Waals surface area (Å²) in [6.45, 7) is 8.76. The number of carbonyl (C=O) groups excluding carboxylic acids is 1. The monoisotopic (exact) mass is 286 g/mol. The van der Waals surface area contributed by atoms with E-state index in [2.05, 4.69) is 54.4 Å². The van der Waals surface area contributed by atoms with Crippen LogP contribution in [0.4, 0.5) is 0 Å². The van der Waals surface area contributed by atoms with Gasteiger partial charge in [0.05, 0.1) is 6.04 Å². The lowest BCUT2D eigenvalue weighted by atomic mass is 9.99. The highest BCUT2D eigenvalue weighted by molar-refractivity contribution is 5.81. The fraction of sp³-hybridized carbons (Fsp3) is 0.500. The molecule has 1 amide bonds. The lowest BCUT2D eigenvalue weighted by Gasteiger charge is -2.31. The van der Waals surface area contributed by atoms with Crippen molar-refractivity contribution in [3.05, 3.63) is 42.0 Å². The Hall–Kier alpha value is -1.61. The fourth-order valence-corrected chi connectivity index (χ4v) is 2.57. The molecule has 21 heavy (non-hydrogen) atoms. The molecule has 0 aliphatic carbocycles. The van der Waals surface area contributed by atoms with Crippen LogP contribution in [-0.4, -0.2) is 36.5 Å². The average molecular weight is 286 g/mol. The van der Waals surface area contributed by atoms with Crippen LogP contribution in [0.2, 0.25) is 0 Å². The molecule has 0 saturated carbocycles. The molecule has 114 valence electrons. The van der Waals surface area contributed by atoms with E-state index in [1.807, 2.05) is 13.0 Å². The Kier molecular flexibility index (Phi) is 5.57. The van der Waals surface area contributed by atoms with Crippen molar-refractivity contribution < 1.29 is 4.79 Å². The molecule has 1 aromatic rings. The van der Waals surface area contributed by atoms with E-state index in [4.69, 9.17) is 0 Å². The largest absolute Gasteiger partial charge is 0.354 e. The number of hydrogen-bond acceptors (Lipinski definition) is 2. The van der Waals surface area contributed by atoms with Gasteiger partial charge in [0.2, 0.25) is 5.91 Å². The van der Waals surface area contributed by atoms with Gasteiger partial charge in [-0.3, -0.25) is 9.69 Å². The van der Waals surface area contributed by atoms with Crippen molar-refractivity contribution in [2.24, 2.45) is 5.92 Å². The Morgan fingerprint density at radius 1 is 1.24 bits per heavy atom. The number of hydrogen-bond donors (Lipinski definition) is 1. The Bertz CT molecular complexity index is 493. The second-order valence-corrected chi connectivity index (χ2v) is 6.16. The van der Waals surface area contributed by atoms with Crippen LogP contribution in [0.3, 0.4) is 0 Å². The predicted octanol–water partition coefficient (Wildman–Crippen LogP) is 2.94. The molecular formula is C18H26N2O. The van der Waals surface area contributed by atoms with Crippen LogP contribution >= 0.6 is 0 Å². The maximum absolute atomic E-state index is 12.1. The van der Waals surface area contributed by atoms with E-state index in [0.29, 0.717) is 5.92 Å². The minimum absolute atomic E-state index is 0.0580.